The summed E-state index contributed by atoms with van der Waals surface area (Å²) in [5, 5.41) is 0. The van der Waals surface area contributed by atoms with E-state index in [4.69, 9.17) is 0 Å². The molecule has 33 heavy (non-hydrogen) atoms. The zero-order chi connectivity index (χ0) is 24.1. The summed E-state index contributed by atoms with van der Waals surface area (Å²) in [4.78, 5) is 0. The number of hydrogen-bond donors (Lipinski definition) is 0. The van der Waals surface area contributed by atoms with E-state index in [0.29, 0.717) is 35.5 Å². The molecule has 188 valence electrons. The van der Waals surface area contributed by atoms with Crippen LogP contribution in [0.25, 0.3) is 0 Å². The van der Waals surface area contributed by atoms with Crippen LogP contribution in [0.1, 0.15) is 105 Å². The second-order valence-electron chi connectivity index (χ2n) is 13.8. The van der Waals surface area contributed by atoms with Gasteiger partial charge in [-0.2, -0.15) is 22.0 Å². The van der Waals surface area contributed by atoms with Gasteiger partial charge in [0.05, 0.1) is 0 Å². The molecular weight excluding hydrogens is 431 g/mol. The minimum absolute atomic E-state index is 0.0364. The van der Waals surface area contributed by atoms with Gasteiger partial charge in [-0.25, -0.2) is 0 Å². The normalized spacial score (nSPS) is 44.6. The quantitative estimate of drug-likeness (QED) is 0.263. The first-order valence-electron chi connectivity index (χ1n) is 13.3. The first-order valence-corrected chi connectivity index (χ1v) is 13.3. The highest BCUT2D eigenvalue weighted by atomic mass is 19.4. The van der Waals surface area contributed by atoms with Crippen molar-refractivity contribution in [2.75, 3.05) is 0 Å². The lowest BCUT2D eigenvalue weighted by atomic mass is 9.48. The molecule has 4 saturated carbocycles. The van der Waals surface area contributed by atoms with E-state index in [1.807, 2.05) is 0 Å². The fourth-order valence-electron chi connectivity index (χ4n) is 9.36. The Balaban J connectivity index is 1.38. The van der Waals surface area contributed by atoms with Crippen LogP contribution < -0.4 is 0 Å². The summed E-state index contributed by atoms with van der Waals surface area (Å²) in [5.74, 6) is -3.30. The van der Waals surface area contributed by atoms with E-state index in [-0.39, 0.29) is 18.3 Å². The highest BCUT2D eigenvalue weighted by molar-refractivity contribution is 5.28. The third kappa shape index (κ3) is 3.32. The van der Waals surface area contributed by atoms with Gasteiger partial charge in [0.25, 0.3) is 0 Å². The van der Waals surface area contributed by atoms with Gasteiger partial charge in [-0.15, -0.1) is 0 Å². The molecule has 0 saturated heterocycles. The largest absolute Gasteiger partial charge is 0.453 e. The third-order valence-corrected chi connectivity index (χ3v) is 11.9. The van der Waals surface area contributed by atoms with E-state index >= 15 is 0 Å². The zero-order valence-corrected chi connectivity index (χ0v) is 20.8. The van der Waals surface area contributed by atoms with Crippen molar-refractivity contribution in [1.29, 1.82) is 0 Å². The van der Waals surface area contributed by atoms with Crippen LogP contribution in [0.15, 0.2) is 11.6 Å². The van der Waals surface area contributed by atoms with Crippen LogP contribution in [0.4, 0.5) is 22.0 Å². The first-order chi connectivity index (χ1) is 15.1. The Kier molecular flexibility index (Phi) is 5.27. The first kappa shape index (κ1) is 24.1. The number of fused-ring (bicyclic) bond motifs is 5. The monoisotopic (exact) mass is 472 g/mol. The van der Waals surface area contributed by atoms with Crippen LogP contribution in [0.5, 0.6) is 0 Å². The molecule has 0 aromatic carbocycles. The molecule has 5 unspecified atom stereocenters. The third-order valence-electron chi connectivity index (χ3n) is 11.9. The van der Waals surface area contributed by atoms with Crippen LogP contribution in [0, 0.1) is 45.3 Å². The van der Waals surface area contributed by atoms with Crippen molar-refractivity contribution in [3.05, 3.63) is 11.6 Å². The highest BCUT2D eigenvalue weighted by Gasteiger charge is 2.76. The van der Waals surface area contributed by atoms with E-state index in [1.165, 1.54) is 57.4 Å². The Hall–Kier alpha value is -0.610. The number of alkyl halides is 5. The summed E-state index contributed by atoms with van der Waals surface area (Å²) in [6, 6.07) is 0. The summed E-state index contributed by atoms with van der Waals surface area (Å²) in [5.41, 5.74) is -0.637. The Bertz CT molecular complexity index is 813. The smallest absolute Gasteiger partial charge is 0.196 e. The molecule has 6 atom stereocenters. The maximum absolute atomic E-state index is 14.8. The number of halogens is 5. The van der Waals surface area contributed by atoms with Crippen molar-refractivity contribution >= 4 is 0 Å². The molecule has 0 bridgehead atoms. The lowest BCUT2D eigenvalue weighted by Crippen LogP contribution is -2.58. The molecule has 1 spiro atoms. The Morgan fingerprint density at radius 3 is 2.06 bits per heavy atom. The molecule has 4 fully saturated rings. The molecule has 5 rings (SSSR count). The standard InChI is InChI=1S/C28H41F5/c1-23(2)13-15-26(16-14-23)12-8-19-18(17-26)5-6-21-20(19)7-10-24(3)22(21)9-11-25(24,4)27(29,30)28(31,32)33/h7,18-19,21-22H,5-6,8-17H2,1-4H3/t18?,19?,21?,22?,24?,25-/m1/s1. The van der Waals surface area contributed by atoms with Crippen molar-refractivity contribution in [3.8, 4) is 0 Å². The Labute approximate surface area is 196 Å². The second kappa shape index (κ2) is 7.21. The molecule has 0 heterocycles. The predicted octanol–water partition coefficient (Wildman–Crippen LogP) is 9.35. The fraction of sp³-hybridized carbons (Fsp3) is 0.929. The average molecular weight is 473 g/mol. The van der Waals surface area contributed by atoms with Crippen molar-refractivity contribution in [1.82, 2.24) is 0 Å². The maximum Gasteiger partial charge on any atom is 0.453 e. The van der Waals surface area contributed by atoms with Gasteiger partial charge in [0, 0.05) is 5.41 Å². The molecule has 5 heteroatoms. The van der Waals surface area contributed by atoms with E-state index in [2.05, 4.69) is 19.9 Å². The van der Waals surface area contributed by atoms with Crippen molar-refractivity contribution in [2.45, 2.75) is 117 Å². The predicted molar refractivity (Wildman–Crippen MR) is 121 cm³/mol. The average Bonchev–Trinajstić information content (AvgIpc) is 3.02. The lowest BCUT2D eigenvalue weighted by Gasteiger charge is -2.57. The van der Waals surface area contributed by atoms with Gasteiger partial charge in [-0.1, -0.05) is 39.3 Å². The minimum Gasteiger partial charge on any atom is -0.196 e. The van der Waals surface area contributed by atoms with Crippen molar-refractivity contribution in [2.24, 2.45) is 45.3 Å². The highest BCUT2D eigenvalue weighted by Crippen LogP contribution is 2.72. The summed E-state index contributed by atoms with van der Waals surface area (Å²) in [7, 11) is 0. The molecule has 0 nitrogen and oxygen atoms in total. The van der Waals surface area contributed by atoms with Crippen LogP contribution in [-0.4, -0.2) is 12.1 Å². The Morgan fingerprint density at radius 1 is 0.758 bits per heavy atom. The fourth-order valence-corrected chi connectivity index (χ4v) is 9.36. The SMILES string of the molecule is CC1(C)CCC2(CCC3C4=CCC5(C)C(CC[C@@]5(C)C(F)(F)C(F)(F)F)C4CCC3C2)CC1. The Morgan fingerprint density at radius 2 is 1.42 bits per heavy atom. The molecular formula is C28H41F5. The van der Waals surface area contributed by atoms with Crippen LogP contribution in [-0.2, 0) is 0 Å². The zero-order valence-electron chi connectivity index (χ0n) is 20.8. The van der Waals surface area contributed by atoms with Gasteiger partial charge < -0.3 is 0 Å². The molecule has 5 aliphatic rings. The summed E-state index contributed by atoms with van der Waals surface area (Å²) >= 11 is 0. The van der Waals surface area contributed by atoms with Gasteiger partial charge in [0.1, 0.15) is 0 Å². The summed E-state index contributed by atoms with van der Waals surface area (Å²) in [6.45, 7) is 7.74. The van der Waals surface area contributed by atoms with Crippen LogP contribution >= 0.6 is 0 Å². The van der Waals surface area contributed by atoms with E-state index in [0.717, 1.165) is 12.8 Å². The molecule has 0 amide bonds. The minimum atomic E-state index is -5.49. The van der Waals surface area contributed by atoms with Crippen LogP contribution in [0.3, 0.4) is 0 Å². The van der Waals surface area contributed by atoms with Crippen LogP contribution in [0.2, 0.25) is 0 Å². The summed E-state index contributed by atoms with van der Waals surface area (Å²) < 4.78 is 70.1. The molecule has 5 aliphatic carbocycles. The second-order valence-corrected chi connectivity index (χ2v) is 13.8. The molecule has 0 aliphatic heterocycles. The maximum atomic E-state index is 14.8. The van der Waals surface area contributed by atoms with E-state index < -0.39 is 22.9 Å². The van der Waals surface area contributed by atoms with Crippen molar-refractivity contribution < 1.29 is 22.0 Å². The van der Waals surface area contributed by atoms with Gasteiger partial charge in [-0.05, 0) is 117 Å². The van der Waals surface area contributed by atoms with E-state index in [1.54, 1.807) is 6.92 Å². The number of allylic oxidation sites excluding steroid dienone is 2. The summed E-state index contributed by atoms with van der Waals surface area (Å²) in [6.07, 6.45) is 8.61. The molecule has 0 radical (unpaired) electrons. The topological polar surface area (TPSA) is 0 Å². The lowest BCUT2D eigenvalue weighted by molar-refractivity contribution is -0.340. The molecule has 0 aromatic heterocycles. The van der Waals surface area contributed by atoms with E-state index in [9.17, 15) is 22.0 Å². The van der Waals surface area contributed by atoms with Crippen molar-refractivity contribution in [3.63, 3.8) is 0 Å². The number of rotatable bonds is 1. The molecule has 0 N–H and O–H groups in total. The molecule has 0 aromatic rings. The number of hydrogen-bond acceptors (Lipinski definition) is 0. The van der Waals surface area contributed by atoms with Gasteiger partial charge in [-0.3, -0.25) is 0 Å². The van der Waals surface area contributed by atoms with Gasteiger partial charge in [0.2, 0.25) is 0 Å². The van der Waals surface area contributed by atoms with Gasteiger partial charge in [0.15, 0.2) is 0 Å². The van der Waals surface area contributed by atoms with Gasteiger partial charge >= 0.3 is 12.1 Å².